The Morgan fingerprint density at radius 2 is 1.84 bits per heavy atom. The number of nitrogens with one attached hydrogen (secondary N) is 2. The van der Waals surface area contributed by atoms with E-state index in [1.165, 1.54) is 0 Å². The molecule has 11 nitrogen and oxygen atoms in total. The fourth-order valence-corrected chi connectivity index (χ4v) is 3.67. The summed E-state index contributed by atoms with van der Waals surface area (Å²) in [6.07, 6.45) is 1.93. The number of amides is 1. The maximum absolute atomic E-state index is 12.3. The van der Waals surface area contributed by atoms with Crippen LogP contribution < -0.4 is 22.1 Å². The molecule has 0 saturated carbocycles. The number of fused-ring (bicyclic) bond motifs is 1. The van der Waals surface area contributed by atoms with Gasteiger partial charge in [-0.3, -0.25) is 9.59 Å². The first-order chi connectivity index (χ1) is 15.2. The maximum Gasteiger partial charge on any atom is 0.326 e. The lowest BCUT2D eigenvalue weighted by atomic mass is 9.86. The van der Waals surface area contributed by atoms with Crippen LogP contribution in [-0.2, 0) is 22.4 Å². The highest BCUT2D eigenvalue weighted by Crippen LogP contribution is 2.28. The molecule has 0 saturated heterocycles. The highest BCUT2D eigenvalue weighted by Gasteiger charge is 2.23. The summed E-state index contributed by atoms with van der Waals surface area (Å²) in [6, 6.07) is 5.36. The van der Waals surface area contributed by atoms with Gasteiger partial charge in [0.05, 0.1) is 5.69 Å². The fourth-order valence-electron chi connectivity index (χ4n) is 3.67. The van der Waals surface area contributed by atoms with Crippen molar-refractivity contribution in [3.63, 3.8) is 0 Å². The summed E-state index contributed by atoms with van der Waals surface area (Å²) in [5, 5.41) is 23.6. The lowest BCUT2D eigenvalue weighted by Crippen LogP contribution is -2.41. The van der Waals surface area contributed by atoms with Gasteiger partial charge in [0.1, 0.15) is 11.9 Å². The van der Waals surface area contributed by atoms with Crippen molar-refractivity contribution in [2.24, 2.45) is 5.92 Å². The molecule has 1 aromatic carbocycles. The van der Waals surface area contributed by atoms with Gasteiger partial charge in [-0.15, -0.1) is 0 Å². The molecule has 2 unspecified atom stereocenters. The normalized spacial score (nSPS) is 15.9. The van der Waals surface area contributed by atoms with E-state index in [2.05, 4.69) is 20.6 Å². The van der Waals surface area contributed by atoms with E-state index in [9.17, 15) is 19.5 Å². The Labute approximate surface area is 184 Å². The quantitative estimate of drug-likeness (QED) is 0.325. The lowest BCUT2D eigenvalue weighted by molar-refractivity contribution is -0.140. The molecule has 3 rings (SSSR count). The fraction of sp³-hybridized carbons (Fsp3) is 0.381. The van der Waals surface area contributed by atoms with Crippen molar-refractivity contribution >= 4 is 35.3 Å². The van der Waals surface area contributed by atoms with Gasteiger partial charge in [0.15, 0.2) is 0 Å². The first-order valence-corrected chi connectivity index (χ1v) is 10.2. The van der Waals surface area contributed by atoms with Gasteiger partial charge >= 0.3 is 11.9 Å². The van der Waals surface area contributed by atoms with Gasteiger partial charge in [-0.1, -0.05) is 0 Å². The number of nitrogens with zero attached hydrogens (tertiary/aromatic N) is 2. The predicted molar refractivity (Wildman–Crippen MR) is 117 cm³/mol. The number of hydrogen-bond donors (Lipinski definition) is 6. The minimum atomic E-state index is -1.28. The van der Waals surface area contributed by atoms with Crippen molar-refractivity contribution in [2.75, 3.05) is 23.3 Å². The second kappa shape index (κ2) is 9.94. The zero-order chi connectivity index (χ0) is 23.3. The Kier molecular flexibility index (Phi) is 7.08. The topological polar surface area (TPSA) is 194 Å². The number of carbonyl (C=O) groups is 3. The average Bonchev–Trinajstić information content (AvgIpc) is 2.75. The zero-order valence-electron chi connectivity index (χ0n) is 17.4. The summed E-state index contributed by atoms with van der Waals surface area (Å²) in [7, 11) is 0. The highest BCUT2D eigenvalue weighted by atomic mass is 16.4. The standard InChI is InChI=1S/C21H26N6O5/c22-18-14-9-11(1-6-15(14)26-21(23)27-18)10-24-13-4-2-12(3-5-13)19(30)25-16(20(31)32)7-8-17(28)29/h2-5,11,16,24H,1,6-10H2,(H,25,30)(H,28,29)(H,31,32)(H4,22,23,26,27). The number of aromatic nitrogens is 2. The molecule has 1 heterocycles. The molecular formula is C21H26N6O5. The van der Waals surface area contributed by atoms with Crippen LogP contribution in [0.5, 0.6) is 0 Å². The molecule has 8 N–H and O–H groups in total. The summed E-state index contributed by atoms with van der Waals surface area (Å²) in [5.74, 6) is -2.02. The molecule has 0 radical (unpaired) electrons. The van der Waals surface area contributed by atoms with Gasteiger partial charge in [-0.2, -0.15) is 4.98 Å². The van der Waals surface area contributed by atoms with Crippen molar-refractivity contribution in [2.45, 2.75) is 38.1 Å². The molecule has 11 heteroatoms. The Morgan fingerprint density at radius 1 is 1.12 bits per heavy atom. The predicted octanol–water partition coefficient (Wildman–Crippen LogP) is 0.906. The van der Waals surface area contributed by atoms with Crippen molar-refractivity contribution < 1.29 is 24.6 Å². The Balaban J connectivity index is 1.54. The van der Waals surface area contributed by atoms with E-state index in [4.69, 9.17) is 16.6 Å². The number of aliphatic carboxylic acids is 2. The summed E-state index contributed by atoms with van der Waals surface area (Å²) < 4.78 is 0. The number of nitrogens with two attached hydrogens (primary N) is 2. The molecule has 2 aromatic rings. The number of anilines is 3. The van der Waals surface area contributed by atoms with Crippen LogP contribution in [0.4, 0.5) is 17.5 Å². The summed E-state index contributed by atoms with van der Waals surface area (Å²) in [4.78, 5) is 42.5. The molecule has 1 aliphatic rings. The van der Waals surface area contributed by atoms with Crippen LogP contribution in [-0.4, -0.2) is 50.6 Å². The number of aryl methyl sites for hydroxylation is 1. The molecule has 2 atom stereocenters. The van der Waals surface area contributed by atoms with Crippen LogP contribution in [0.2, 0.25) is 0 Å². The number of benzene rings is 1. The molecule has 0 bridgehead atoms. The van der Waals surface area contributed by atoms with Gasteiger partial charge in [-0.25, -0.2) is 9.78 Å². The van der Waals surface area contributed by atoms with Crippen molar-refractivity contribution in [3.8, 4) is 0 Å². The highest BCUT2D eigenvalue weighted by molar-refractivity contribution is 5.96. The molecule has 1 aromatic heterocycles. The third-order valence-corrected chi connectivity index (χ3v) is 5.42. The third-order valence-electron chi connectivity index (χ3n) is 5.42. The molecule has 32 heavy (non-hydrogen) atoms. The molecule has 0 spiro atoms. The molecule has 1 aliphatic carbocycles. The van der Waals surface area contributed by atoms with Crippen LogP contribution in [0.1, 0.15) is 40.9 Å². The Morgan fingerprint density at radius 3 is 2.50 bits per heavy atom. The van der Waals surface area contributed by atoms with Crippen LogP contribution in [0.3, 0.4) is 0 Å². The summed E-state index contributed by atoms with van der Waals surface area (Å²) in [6.45, 7) is 0.699. The van der Waals surface area contributed by atoms with Crippen LogP contribution >= 0.6 is 0 Å². The first-order valence-electron chi connectivity index (χ1n) is 10.2. The van der Waals surface area contributed by atoms with E-state index >= 15 is 0 Å². The SMILES string of the molecule is Nc1nc(N)c2c(n1)CCC(CNc1ccc(C(=O)NC(CCC(=O)O)C(=O)O)cc1)C2. The summed E-state index contributed by atoms with van der Waals surface area (Å²) >= 11 is 0. The largest absolute Gasteiger partial charge is 0.481 e. The van der Waals surface area contributed by atoms with E-state index in [0.717, 1.165) is 36.2 Å². The number of carboxylic acid groups (broad SMARTS) is 2. The number of rotatable bonds is 9. The minimum Gasteiger partial charge on any atom is -0.481 e. The van der Waals surface area contributed by atoms with Gasteiger partial charge in [0.2, 0.25) is 5.95 Å². The lowest BCUT2D eigenvalue weighted by Gasteiger charge is -2.25. The summed E-state index contributed by atoms with van der Waals surface area (Å²) in [5.41, 5.74) is 14.6. The number of carboxylic acids is 2. The molecule has 0 fully saturated rings. The van der Waals surface area contributed by atoms with Crippen LogP contribution in [0, 0.1) is 5.92 Å². The molecule has 0 aliphatic heterocycles. The van der Waals surface area contributed by atoms with Gasteiger partial charge in [0.25, 0.3) is 5.91 Å². The number of carbonyl (C=O) groups excluding carboxylic acids is 1. The smallest absolute Gasteiger partial charge is 0.326 e. The zero-order valence-corrected chi connectivity index (χ0v) is 17.4. The van der Waals surface area contributed by atoms with Crippen molar-refractivity contribution in [1.82, 2.24) is 15.3 Å². The average molecular weight is 442 g/mol. The molecule has 170 valence electrons. The van der Waals surface area contributed by atoms with E-state index in [-0.39, 0.29) is 24.4 Å². The minimum absolute atomic E-state index is 0.192. The maximum atomic E-state index is 12.3. The van der Waals surface area contributed by atoms with Crippen molar-refractivity contribution in [3.05, 3.63) is 41.1 Å². The van der Waals surface area contributed by atoms with Gasteiger partial charge in [0, 0.05) is 29.8 Å². The Hall–Kier alpha value is -3.89. The third kappa shape index (κ3) is 5.84. The second-order valence-corrected chi connectivity index (χ2v) is 7.76. The molecule has 1 amide bonds. The monoisotopic (exact) mass is 442 g/mol. The van der Waals surface area contributed by atoms with E-state index in [0.29, 0.717) is 18.3 Å². The second-order valence-electron chi connectivity index (χ2n) is 7.76. The first kappa shape index (κ1) is 22.8. The molecular weight excluding hydrogens is 416 g/mol. The van der Waals surface area contributed by atoms with Crippen LogP contribution in [0.15, 0.2) is 24.3 Å². The Bertz CT molecular complexity index is 1010. The number of hydrogen-bond acceptors (Lipinski definition) is 8. The van der Waals surface area contributed by atoms with E-state index < -0.39 is 23.9 Å². The van der Waals surface area contributed by atoms with Gasteiger partial charge < -0.3 is 32.3 Å². The van der Waals surface area contributed by atoms with E-state index in [1.54, 1.807) is 24.3 Å². The van der Waals surface area contributed by atoms with Gasteiger partial charge in [-0.05, 0) is 55.9 Å². The van der Waals surface area contributed by atoms with Crippen molar-refractivity contribution in [1.29, 1.82) is 0 Å². The van der Waals surface area contributed by atoms with Crippen LogP contribution in [0.25, 0.3) is 0 Å². The van der Waals surface area contributed by atoms with E-state index in [1.807, 2.05) is 0 Å². The number of nitrogen functional groups attached to an aromatic ring is 2.